The predicted octanol–water partition coefficient (Wildman–Crippen LogP) is 1.72. The van der Waals surface area contributed by atoms with Crippen molar-refractivity contribution in [3.05, 3.63) is 48.5 Å². The number of hydrogen-bond acceptors (Lipinski definition) is 9. The fourth-order valence-corrected chi connectivity index (χ4v) is 4.18. The van der Waals surface area contributed by atoms with Gasteiger partial charge in [-0.3, -0.25) is 0 Å². The molecule has 2 fully saturated rings. The third kappa shape index (κ3) is 3.79. The van der Waals surface area contributed by atoms with Crippen LogP contribution in [0.2, 0.25) is 0 Å². The molecule has 6 rings (SSSR count). The summed E-state index contributed by atoms with van der Waals surface area (Å²) in [5, 5.41) is 17.6. The van der Waals surface area contributed by atoms with Crippen LogP contribution in [0, 0.1) is 0 Å². The van der Waals surface area contributed by atoms with Crippen LogP contribution in [0.4, 0.5) is 10.5 Å². The molecule has 3 aromatic rings. The summed E-state index contributed by atoms with van der Waals surface area (Å²) >= 11 is 0. The summed E-state index contributed by atoms with van der Waals surface area (Å²) in [5.74, 6) is 1.76. The molecule has 4 atom stereocenters. The maximum absolute atomic E-state index is 12.4. The number of hydrogen-bond donors (Lipinski definition) is 2. The van der Waals surface area contributed by atoms with Gasteiger partial charge >= 0.3 is 12.0 Å². The van der Waals surface area contributed by atoms with Crippen LogP contribution >= 0.6 is 0 Å². The third-order valence-electron chi connectivity index (χ3n) is 5.71. The molecule has 0 bridgehead atoms. The second kappa shape index (κ2) is 8.22. The van der Waals surface area contributed by atoms with E-state index < -0.39 is 0 Å². The van der Waals surface area contributed by atoms with Crippen LogP contribution in [0.25, 0.3) is 0 Å². The van der Waals surface area contributed by atoms with E-state index in [1.54, 1.807) is 22.9 Å². The minimum absolute atomic E-state index is 0.176. The molecule has 0 radical (unpaired) electrons. The molecule has 2 amide bonds. The number of carbonyl (C=O) groups is 1. The fourth-order valence-electron chi connectivity index (χ4n) is 4.18. The minimum Gasteiger partial charge on any atom is -0.454 e. The first kappa shape index (κ1) is 19.8. The number of nitrogens with one attached hydrogen (secondary N) is 2. The number of amides is 2. The van der Waals surface area contributed by atoms with Crippen molar-refractivity contribution in [2.45, 2.75) is 24.3 Å². The highest BCUT2D eigenvalue weighted by Crippen LogP contribution is 2.38. The van der Waals surface area contributed by atoms with E-state index in [-0.39, 0.29) is 43.1 Å². The van der Waals surface area contributed by atoms with Gasteiger partial charge in [0.2, 0.25) is 6.79 Å². The van der Waals surface area contributed by atoms with Gasteiger partial charge in [-0.15, -0.1) is 0 Å². The summed E-state index contributed by atoms with van der Waals surface area (Å²) in [4.78, 5) is 12.4. The van der Waals surface area contributed by atoms with Crippen molar-refractivity contribution in [3.63, 3.8) is 0 Å². The van der Waals surface area contributed by atoms with Gasteiger partial charge in [-0.2, -0.15) is 4.68 Å². The van der Waals surface area contributed by atoms with Gasteiger partial charge < -0.3 is 34.3 Å². The number of tetrazole rings is 1. The Balaban J connectivity index is 1.12. The molecule has 2 N–H and O–H groups in total. The van der Waals surface area contributed by atoms with Gasteiger partial charge in [0.25, 0.3) is 0 Å². The van der Waals surface area contributed by atoms with E-state index >= 15 is 0 Å². The summed E-state index contributed by atoms with van der Waals surface area (Å²) in [7, 11) is 0. The Morgan fingerprint density at radius 3 is 2.79 bits per heavy atom. The van der Waals surface area contributed by atoms with Crippen LogP contribution in [0.1, 0.15) is 6.04 Å². The lowest BCUT2D eigenvalue weighted by Crippen LogP contribution is -2.45. The molecule has 12 nitrogen and oxygen atoms in total. The Bertz CT molecular complexity index is 1160. The molecule has 0 unspecified atom stereocenters. The molecule has 170 valence electrons. The van der Waals surface area contributed by atoms with Gasteiger partial charge in [0.15, 0.2) is 11.5 Å². The number of fused-ring (bicyclic) bond motifs is 2. The molecule has 12 heteroatoms. The first-order valence-corrected chi connectivity index (χ1v) is 10.5. The topological polar surface area (TPSA) is 131 Å². The average Bonchev–Trinajstić information content (AvgIpc) is 3.60. The van der Waals surface area contributed by atoms with E-state index in [2.05, 4.69) is 26.2 Å². The van der Waals surface area contributed by atoms with E-state index in [0.29, 0.717) is 36.1 Å². The smallest absolute Gasteiger partial charge is 0.341 e. The lowest BCUT2D eigenvalue weighted by Gasteiger charge is -2.18. The summed E-state index contributed by atoms with van der Waals surface area (Å²) in [6.07, 6.45) is -0.672. The molecule has 3 aliphatic rings. The number of aromatic nitrogens is 4. The van der Waals surface area contributed by atoms with Gasteiger partial charge in [0.05, 0.1) is 19.3 Å². The molecule has 0 spiro atoms. The van der Waals surface area contributed by atoms with Crippen LogP contribution in [0.15, 0.2) is 48.5 Å². The van der Waals surface area contributed by atoms with Gasteiger partial charge in [0, 0.05) is 11.8 Å². The van der Waals surface area contributed by atoms with E-state index in [9.17, 15) is 4.79 Å². The van der Waals surface area contributed by atoms with E-state index in [1.807, 2.05) is 30.3 Å². The van der Waals surface area contributed by atoms with Crippen LogP contribution in [-0.2, 0) is 9.47 Å². The van der Waals surface area contributed by atoms with Crippen molar-refractivity contribution in [3.8, 4) is 23.3 Å². The number of carbonyl (C=O) groups excluding carboxylic acids is 1. The van der Waals surface area contributed by atoms with Gasteiger partial charge in [0.1, 0.15) is 24.0 Å². The van der Waals surface area contributed by atoms with Crippen molar-refractivity contribution in [2.75, 3.05) is 25.3 Å². The predicted molar refractivity (Wildman–Crippen MR) is 111 cm³/mol. The Morgan fingerprint density at radius 1 is 1.03 bits per heavy atom. The number of anilines is 1. The zero-order chi connectivity index (χ0) is 22.2. The quantitative estimate of drug-likeness (QED) is 0.594. The van der Waals surface area contributed by atoms with Crippen LogP contribution in [0.3, 0.4) is 0 Å². The standard InChI is InChI=1S/C21H20N6O6/c28-20(22-12-4-2-1-3-5-12)23-14-9-29-19-15(10-30-18(14)19)27-21(24-25-26-27)33-13-6-7-16-17(8-13)32-11-31-16/h1-8,14-15,18-19H,9-11H2,(H2,22,23,28)/t14-,15-,18+,19+/m0/s1. The first-order chi connectivity index (χ1) is 16.2. The zero-order valence-electron chi connectivity index (χ0n) is 17.3. The lowest BCUT2D eigenvalue weighted by atomic mass is 10.1. The van der Waals surface area contributed by atoms with Crippen LogP contribution in [-0.4, -0.2) is 64.5 Å². The van der Waals surface area contributed by atoms with Gasteiger partial charge in [-0.1, -0.05) is 23.3 Å². The summed E-state index contributed by atoms with van der Waals surface area (Å²) in [6.45, 7) is 0.805. The summed E-state index contributed by atoms with van der Waals surface area (Å²) < 4.78 is 30.1. The monoisotopic (exact) mass is 452 g/mol. The maximum atomic E-state index is 12.4. The second-order valence-electron chi connectivity index (χ2n) is 7.76. The highest BCUT2D eigenvalue weighted by Gasteiger charge is 2.50. The van der Waals surface area contributed by atoms with E-state index in [1.165, 1.54) is 0 Å². The SMILES string of the molecule is O=C(Nc1ccccc1)N[C@H]1CO[C@H]2[C@@H]1OC[C@@H]2n1nnnc1Oc1ccc2c(c1)OCO2. The van der Waals surface area contributed by atoms with Crippen molar-refractivity contribution < 1.29 is 28.5 Å². The Hall–Kier alpha value is -3.90. The highest BCUT2D eigenvalue weighted by molar-refractivity contribution is 5.89. The van der Waals surface area contributed by atoms with Crippen molar-refractivity contribution in [1.29, 1.82) is 0 Å². The van der Waals surface area contributed by atoms with Crippen molar-refractivity contribution in [2.24, 2.45) is 0 Å². The molecule has 33 heavy (non-hydrogen) atoms. The number of benzene rings is 2. The number of rotatable bonds is 5. The fraction of sp³-hybridized carbons (Fsp3) is 0.333. The molecule has 0 aliphatic carbocycles. The molecule has 3 aliphatic heterocycles. The van der Waals surface area contributed by atoms with E-state index in [4.69, 9.17) is 23.7 Å². The average molecular weight is 452 g/mol. The molecule has 4 heterocycles. The molecular weight excluding hydrogens is 432 g/mol. The molecule has 0 saturated carbocycles. The number of urea groups is 1. The first-order valence-electron chi connectivity index (χ1n) is 10.5. The molecule has 1 aromatic heterocycles. The maximum Gasteiger partial charge on any atom is 0.341 e. The van der Waals surface area contributed by atoms with Crippen molar-refractivity contribution in [1.82, 2.24) is 25.5 Å². The zero-order valence-corrected chi connectivity index (χ0v) is 17.3. The Kier molecular flexibility index (Phi) is 4.92. The Morgan fingerprint density at radius 2 is 1.88 bits per heavy atom. The summed E-state index contributed by atoms with van der Waals surface area (Å²) in [6, 6.07) is 13.7. The number of para-hydroxylation sites is 1. The molecule has 2 aromatic carbocycles. The van der Waals surface area contributed by atoms with Crippen LogP contribution < -0.4 is 24.8 Å². The molecular formula is C21H20N6O6. The number of nitrogens with zero attached hydrogens (tertiary/aromatic N) is 4. The highest BCUT2D eigenvalue weighted by atomic mass is 16.7. The third-order valence-corrected chi connectivity index (χ3v) is 5.71. The lowest BCUT2D eigenvalue weighted by molar-refractivity contribution is 0.0613. The summed E-state index contributed by atoms with van der Waals surface area (Å²) in [5.41, 5.74) is 0.703. The van der Waals surface area contributed by atoms with Crippen LogP contribution in [0.5, 0.6) is 23.3 Å². The molecule has 2 saturated heterocycles. The van der Waals surface area contributed by atoms with Gasteiger partial charge in [-0.25, -0.2) is 4.79 Å². The number of ether oxygens (including phenoxy) is 5. The minimum atomic E-state index is -0.338. The van der Waals surface area contributed by atoms with Gasteiger partial charge in [-0.05, 0) is 34.7 Å². The second-order valence-corrected chi connectivity index (χ2v) is 7.76. The van der Waals surface area contributed by atoms with Crippen molar-refractivity contribution >= 4 is 11.7 Å². The Labute approximate surface area is 187 Å². The largest absolute Gasteiger partial charge is 0.454 e. The normalized spacial score (nSPS) is 25.0. The van der Waals surface area contributed by atoms with E-state index in [0.717, 1.165) is 0 Å².